The highest BCUT2D eigenvalue weighted by atomic mass is 79.9. The Labute approximate surface area is 187 Å². The first-order chi connectivity index (χ1) is 11.2. The highest BCUT2D eigenvalue weighted by Gasteiger charge is 2.06. The summed E-state index contributed by atoms with van der Waals surface area (Å²) in [5.41, 5.74) is 0. The van der Waals surface area contributed by atoms with Gasteiger partial charge >= 0.3 is 0 Å². The zero-order valence-corrected chi connectivity index (χ0v) is 19.8. The molecule has 0 saturated carbocycles. The summed E-state index contributed by atoms with van der Waals surface area (Å²) in [5, 5.41) is 0. The maximum atomic E-state index is 10.4. The predicted molar refractivity (Wildman–Crippen MR) is 115 cm³/mol. The van der Waals surface area contributed by atoms with Crippen LogP contribution < -0.4 is 0 Å². The van der Waals surface area contributed by atoms with Crippen molar-refractivity contribution in [2.75, 3.05) is 6.26 Å². The van der Waals surface area contributed by atoms with Crippen molar-refractivity contribution in [1.29, 1.82) is 0 Å². The zero-order chi connectivity index (χ0) is 19.7. The first-order valence-corrected chi connectivity index (χ1v) is 10.9. The average molecular weight is 566 g/mol. The molecule has 2 rings (SSSR count). The van der Waals surface area contributed by atoms with Crippen LogP contribution in [-0.2, 0) is 30.4 Å². The summed E-state index contributed by atoms with van der Waals surface area (Å²) in [7, 11) is -11.7. The molecule has 0 atom stereocenters. The lowest BCUT2D eigenvalue weighted by molar-refractivity contribution is 0.481. The third-order valence-electron chi connectivity index (χ3n) is 2.08. The van der Waals surface area contributed by atoms with Gasteiger partial charge in [0.25, 0.3) is 30.4 Å². The molecule has 0 amide bonds. The van der Waals surface area contributed by atoms with Crippen molar-refractivity contribution in [3.63, 3.8) is 0 Å². The summed E-state index contributed by atoms with van der Waals surface area (Å²) in [6, 6.07) is 14.8. The van der Waals surface area contributed by atoms with Gasteiger partial charge in [-0.25, -0.2) is 0 Å². The quantitative estimate of drug-likeness (QED) is 0.464. The van der Waals surface area contributed by atoms with E-state index >= 15 is 0 Å². The van der Waals surface area contributed by atoms with Gasteiger partial charge in [0, 0.05) is 0 Å². The second-order valence-electron chi connectivity index (χ2n) is 4.31. The second kappa shape index (κ2) is 15.1. The summed E-state index contributed by atoms with van der Waals surface area (Å²) in [6.07, 6.45) is 0.715. The average Bonchev–Trinajstić information content (AvgIpc) is 2.46. The van der Waals surface area contributed by atoms with Crippen LogP contribution in [0.25, 0.3) is 0 Å². The van der Waals surface area contributed by atoms with Gasteiger partial charge in [0.15, 0.2) is 0 Å². The van der Waals surface area contributed by atoms with Gasteiger partial charge in [0.05, 0.1) is 16.0 Å². The first kappa shape index (κ1) is 34.7. The van der Waals surface area contributed by atoms with E-state index in [1.165, 1.54) is 24.3 Å². The van der Waals surface area contributed by atoms with E-state index in [1.807, 2.05) is 0 Å². The molecule has 0 fully saturated rings. The van der Waals surface area contributed by atoms with E-state index in [4.69, 9.17) is 13.7 Å². The van der Waals surface area contributed by atoms with E-state index in [1.54, 1.807) is 36.4 Å². The van der Waals surface area contributed by atoms with Gasteiger partial charge in [-0.05, 0) is 24.3 Å². The fourth-order valence-electron chi connectivity index (χ4n) is 1.18. The van der Waals surface area contributed by atoms with Crippen LogP contribution in [0.4, 0.5) is 0 Å². The molecule has 15 heteroatoms. The molecule has 0 unspecified atom stereocenters. The number of halogens is 3. The minimum absolute atomic E-state index is 0. The van der Waals surface area contributed by atoms with Gasteiger partial charge in [0.2, 0.25) is 0 Å². The van der Waals surface area contributed by atoms with Gasteiger partial charge in [-0.3, -0.25) is 13.7 Å². The van der Waals surface area contributed by atoms with Crippen LogP contribution in [0, 0.1) is 0 Å². The van der Waals surface area contributed by atoms with Gasteiger partial charge in [-0.15, -0.1) is 41.8 Å². The van der Waals surface area contributed by atoms with E-state index in [0.717, 1.165) is 0 Å². The number of hydrogen-bond donors (Lipinski definition) is 3. The van der Waals surface area contributed by atoms with Gasteiger partial charge in [-0.1, -0.05) is 36.4 Å². The summed E-state index contributed by atoms with van der Waals surface area (Å²) in [5.74, 6) is 0. The Morgan fingerprint density at radius 1 is 0.571 bits per heavy atom. The van der Waals surface area contributed by atoms with E-state index in [2.05, 4.69) is 0 Å². The lowest BCUT2D eigenvalue weighted by atomic mass is 10.4. The maximum Gasteiger partial charge on any atom is 0.294 e. The fraction of sp³-hybridized carbons (Fsp3) is 0.0769. The van der Waals surface area contributed by atoms with E-state index in [-0.39, 0.29) is 51.6 Å². The topological polar surface area (TPSA) is 163 Å². The zero-order valence-electron chi connectivity index (χ0n) is 14.0. The SMILES string of the molecule is Br.CS(=O)(=O)O.Cl.Cl.O=S(=O)(O)c1ccccc1.O=S(=O)(O)c1ccccc1. The van der Waals surface area contributed by atoms with Gasteiger partial charge in [-0.2, -0.15) is 25.3 Å². The third kappa shape index (κ3) is 20.0. The molecular weight excluding hydrogens is 547 g/mol. The summed E-state index contributed by atoms with van der Waals surface area (Å²) >= 11 is 0. The Morgan fingerprint density at radius 3 is 0.857 bits per heavy atom. The number of benzene rings is 2. The summed E-state index contributed by atoms with van der Waals surface area (Å²) in [6.45, 7) is 0. The van der Waals surface area contributed by atoms with Crippen molar-refractivity contribution >= 4 is 72.1 Å². The highest BCUT2D eigenvalue weighted by Crippen LogP contribution is 2.05. The molecule has 2 aromatic rings. The second-order valence-corrected chi connectivity index (χ2v) is 8.62. The molecule has 0 saturated heterocycles. The Hall–Kier alpha value is -0.770. The van der Waals surface area contributed by atoms with E-state index in [0.29, 0.717) is 6.26 Å². The molecule has 164 valence electrons. The Morgan fingerprint density at radius 2 is 0.750 bits per heavy atom. The van der Waals surface area contributed by atoms with Crippen molar-refractivity contribution in [3.05, 3.63) is 60.7 Å². The minimum atomic E-state index is -4.00. The number of hydrogen-bond acceptors (Lipinski definition) is 6. The Bertz CT molecular complexity index is 891. The largest absolute Gasteiger partial charge is 0.294 e. The molecule has 0 radical (unpaired) electrons. The molecule has 0 bridgehead atoms. The van der Waals surface area contributed by atoms with Crippen molar-refractivity contribution in [2.24, 2.45) is 0 Å². The van der Waals surface area contributed by atoms with Crippen molar-refractivity contribution in [2.45, 2.75) is 9.79 Å². The van der Waals surface area contributed by atoms with Crippen LogP contribution in [0.15, 0.2) is 70.5 Å². The molecule has 9 nitrogen and oxygen atoms in total. The Kier molecular flexibility index (Phi) is 18.7. The van der Waals surface area contributed by atoms with Gasteiger partial charge in [0.1, 0.15) is 0 Å². The molecule has 0 heterocycles. The monoisotopic (exact) mass is 564 g/mol. The first-order valence-electron chi connectivity index (χ1n) is 6.19. The normalized spacial score (nSPS) is 10.1. The lowest BCUT2D eigenvalue weighted by Crippen LogP contribution is -1.96. The molecule has 0 aliphatic carbocycles. The molecule has 0 aromatic heterocycles. The van der Waals surface area contributed by atoms with Crippen molar-refractivity contribution < 1.29 is 38.9 Å². The van der Waals surface area contributed by atoms with Crippen molar-refractivity contribution in [1.82, 2.24) is 0 Å². The fourth-order valence-corrected chi connectivity index (χ4v) is 2.19. The van der Waals surface area contributed by atoms with Crippen LogP contribution in [0.3, 0.4) is 0 Å². The van der Waals surface area contributed by atoms with E-state index < -0.39 is 30.4 Å². The Balaban J connectivity index is -0.000000154. The van der Waals surface area contributed by atoms with Gasteiger partial charge < -0.3 is 0 Å². The lowest BCUT2D eigenvalue weighted by Gasteiger charge is -1.92. The minimum Gasteiger partial charge on any atom is -0.286 e. The molecule has 3 N–H and O–H groups in total. The predicted octanol–water partition coefficient (Wildman–Crippen LogP) is 2.79. The maximum absolute atomic E-state index is 10.4. The van der Waals surface area contributed by atoms with Crippen LogP contribution >= 0.6 is 41.8 Å². The molecular formula is C13H19BrCl2O9S3. The standard InChI is InChI=1S/2C6H6O3S.CH4O3S.BrH.2ClH/c2*7-10(8,9)6-4-2-1-3-5-6;1-5(2,3)4;;;/h2*1-5H,(H,7,8,9);1H3,(H,2,3,4);3*1H. The molecule has 0 aliphatic rings. The van der Waals surface area contributed by atoms with Crippen molar-refractivity contribution in [3.8, 4) is 0 Å². The van der Waals surface area contributed by atoms with Crippen LogP contribution in [0.2, 0.25) is 0 Å². The summed E-state index contributed by atoms with van der Waals surface area (Å²) in [4.78, 5) is -0.148. The molecule has 28 heavy (non-hydrogen) atoms. The molecule has 0 aliphatic heterocycles. The molecule has 0 spiro atoms. The molecule has 2 aromatic carbocycles. The number of rotatable bonds is 2. The van der Waals surface area contributed by atoms with Crippen LogP contribution in [0.1, 0.15) is 0 Å². The summed E-state index contributed by atoms with van der Waals surface area (Å²) < 4.78 is 84.3. The third-order valence-corrected chi connectivity index (χ3v) is 3.82. The van der Waals surface area contributed by atoms with Crippen LogP contribution in [-0.4, -0.2) is 45.2 Å². The highest BCUT2D eigenvalue weighted by molar-refractivity contribution is 8.93. The van der Waals surface area contributed by atoms with E-state index in [9.17, 15) is 25.3 Å². The van der Waals surface area contributed by atoms with Crippen LogP contribution in [0.5, 0.6) is 0 Å². The smallest absolute Gasteiger partial charge is 0.286 e.